The molecule has 0 aliphatic carbocycles. The summed E-state index contributed by atoms with van der Waals surface area (Å²) in [5, 5.41) is 31.6. The van der Waals surface area contributed by atoms with Gasteiger partial charge >= 0.3 is 11.4 Å². The van der Waals surface area contributed by atoms with Gasteiger partial charge in [0.25, 0.3) is 0 Å². The highest BCUT2D eigenvalue weighted by atomic mass is 16.5. The quantitative estimate of drug-likeness (QED) is 0.198. The number of hydrogen-bond acceptors (Lipinski definition) is 12. The Labute approximate surface area is 319 Å². The van der Waals surface area contributed by atoms with E-state index in [4.69, 9.17) is 9.47 Å². The van der Waals surface area contributed by atoms with Crippen LogP contribution in [0.4, 0.5) is 0 Å². The molecular formula is C38H38N14O4. The van der Waals surface area contributed by atoms with Gasteiger partial charge in [-0.25, -0.2) is 14.3 Å². The fourth-order valence-electron chi connectivity index (χ4n) is 5.93. The van der Waals surface area contributed by atoms with E-state index >= 15 is 0 Å². The van der Waals surface area contributed by atoms with Crippen LogP contribution in [0.3, 0.4) is 0 Å². The average molecular weight is 755 g/mol. The Morgan fingerprint density at radius 3 is 1.50 bits per heavy atom. The summed E-state index contributed by atoms with van der Waals surface area (Å²) in [4.78, 5) is 26.1. The summed E-state index contributed by atoms with van der Waals surface area (Å²) in [5.41, 5.74) is 8.18. The molecule has 0 N–H and O–H groups in total. The van der Waals surface area contributed by atoms with Crippen molar-refractivity contribution in [1.82, 2.24) is 69.6 Å². The van der Waals surface area contributed by atoms with Crippen LogP contribution in [-0.4, -0.2) is 69.6 Å². The normalized spacial score (nSPS) is 11.0. The zero-order valence-corrected chi connectivity index (χ0v) is 31.5. The predicted molar refractivity (Wildman–Crippen MR) is 204 cm³/mol. The number of tetrazole rings is 2. The van der Waals surface area contributed by atoms with E-state index in [9.17, 15) is 9.59 Å². The number of aromatic nitrogens is 14. The maximum atomic E-state index is 12.3. The molecule has 0 amide bonds. The van der Waals surface area contributed by atoms with Crippen LogP contribution in [0.15, 0.2) is 107 Å². The van der Waals surface area contributed by atoms with Gasteiger partial charge in [0.1, 0.15) is 24.7 Å². The maximum Gasteiger partial charge on any atom is 0.368 e. The number of aryl methyl sites for hydroxylation is 6. The molecular weight excluding hydrogens is 717 g/mol. The standard InChI is InChI=1S/2C19H19N7O2/c1-13-5-4-6-17(26-19(27)24(3)22-23-26)16(13)12-28-18-8-7-15(11-14(18)2)25-10-9-20-21-25;1-13-5-4-6-17(25-19(27)24(3)22-23-25)16(13)12-28-18-8-7-15(11-14(18)2)26-20-9-10-21-26/h2*4-11H,12H2,1-3H3. The molecule has 284 valence electrons. The van der Waals surface area contributed by atoms with Gasteiger partial charge < -0.3 is 9.47 Å². The van der Waals surface area contributed by atoms with Crippen molar-refractivity contribution in [2.45, 2.75) is 40.9 Å². The summed E-state index contributed by atoms with van der Waals surface area (Å²) in [6, 6.07) is 22.9. The van der Waals surface area contributed by atoms with E-state index in [-0.39, 0.29) is 11.4 Å². The topological polar surface area (TPSA) is 185 Å². The molecule has 0 aliphatic rings. The van der Waals surface area contributed by atoms with Gasteiger partial charge in [-0.05, 0) is 119 Å². The maximum absolute atomic E-state index is 12.3. The molecule has 0 radical (unpaired) electrons. The Hall–Kier alpha value is -7.50. The van der Waals surface area contributed by atoms with Gasteiger partial charge in [0, 0.05) is 25.2 Å². The Morgan fingerprint density at radius 2 is 1.05 bits per heavy atom. The highest BCUT2D eigenvalue weighted by Crippen LogP contribution is 2.26. The van der Waals surface area contributed by atoms with E-state index in [0.29, 0.717) is 24.6 Å². The number of rotatable bonds is 10. The number of nitrogens with zero attached hydrogens (tertiary/aromatic N) is 14. The first-order chi connectivity index (χ1) is 27.1. The highest BCUT2D eigenvalue weighted by molar-refractivity contribution is 5.48. The molecule has 0 unspecified atom stereocenters. The van der Waals surface area contributed by atoms with E-state index in [2.05, 4.69) is 41.4 Å². The Bertz CT molecular complexity index is 2540. The van der Waals surface area contributed by atoms with Crippen LogP contribution in [0.1, 0.15) is 33.4 Å². The monoisotopic (exact) mass is 754 g/mol. The van der Waals surface area contributed by atoms with Gasteiger partial charge in [-0.3, -0.25) is 0 Å². The van der Waals surface area contributed by atoms with Gasteiger partial charge in [-0.1, -0.05) is 29.5 Å². The number of hydrogen-bond donors (Lipinski definition) is 0. The molecule has 0 saturated carbocycles. The summed E-state index contributed by atoms with van der Waals surface area (Å²) in [7, 11) is 3.13. The van der Waals surface area contributed by atoms with Gasteiger partial charge in [0.2, 0.25) is 0 Å². The van der Waals surface area contributed by atoms with Crippen molar-refractivity contribution in [3.63, 3.8) is 0 Å². The van der Waals surface area contributed by atoms with Gasteiger partial charge in [-0.15, -0.1) is 5.10 Å². The Balaban J connectivity index is 0.000000172. The third-order valence-corrected chi connectivity index (χ3v) is 9.07. The van der Waals surface area contributed by atoms with Crippen LogP contribution in [0.5, 0.6) is 11.5 Å². The Kier molecular flexibility index (Phi) is 10.4. The Morgan fingerprint density at radius 1 is 0.554 bits per heavy atom. The molecule has 4 heterocycles. The van der Waals surface area contributed by atoms with Gasteiger partial charge in [0.15, 0.2) is 0 Å². The first-order valence-corrected chi connectivity index (χ1v) is 17.4. The van der Waals surface area contributed by atoms with Crippen LogP contribution in [0.2, 0.25) is 0 Å². The molecule has 56 heavy (non-hydrogen) atoms. The summed E-state index contributed by atoms with van der Waals surface area (Å²) >= 11 is 0. The van der Waals surface area contributed by atoms with E-state index in [1.165, 1.54) is 18.7 Å². The molecule has 8 rings (SSSR count). The minimum absolute atomic E-state index is 0.297. The van der Waals surface area contributed by atoms with Crippen molar-refractivity contribution >= 4 is 0 Å². The summed E-state index contributed by atoms with van der Waals surface area (Å²) in [6.45, 7) is 8.49. The van der Waals surface area contributed by atoms with E-state index in [0.717, 1.165) is 56.3 Å². The average Bonchev–Trinajstić information content (AvgIpc) is 4.03. The predicted octanol–water partition coefficient (Wildman–Crippen LogP) is 3.49. The minimum atomic E-state index is -0.306. The second kappa shape index (κ2) is 15.8. The molecule has 18 heteroatoms. The lowest BCUT2D eigenvalue weighted by Crippen LogP contribution is -2.23. The lowest BCUT2D eigenvalue weighted by molar-refractivity contribution is 0.302. The smallest absolute Gasteiger partial charge is 0.368 e. The van der Waals surface area contributed by atoms with Crippen LogP contribution >= 0.6 is 0 Å². The van der Waals surface area contributed by atoms with Crippen LogP contribution < -0.4 is 20.9 Å². The van der Waals surface area contributed by atoms with Crippen molar-refractivity contribution < 1.29 is 9.47 Å². The molecule has 4 aromatic carbocycles. The highest BCUT2D eigenvalue weighted by Gasteiger charge is 2.16. The zero-order chi connectivity index (χ0) is 39.3. The second-order valence-corrected chi connectivity index (χ2v) is 12.9. The molecule has 0 fully saturated rings. The molecule has 8 aromatic rings. The molecule has 0 spiro atoms. The largest absolute Gasteiger partial charge is 0.489 e. The van der Waals surface area contributed by atoms with E-state index in [1.54, 1.807) is 48.4 Å². The summed E-state index contributed by atoms with van der Waals surface area (Å²) in [6.07, 6.45) is 6.68. The molecule has 4 aromatic heterocycles. The van der Waals surface area contributed by atoms with Crippen LogP contribution in [-0.2, 0) is 27.3 Å². The van der Waals surface area contributed by atoms with E-state index in [1.807, 2.05) is 100 Å². The van der Waals surface area contributed by atoms with Crippen LogP contribution in [0, 0.1) is 27.7 Å². The molecule has 0 bridgehead atoms. The SMILES string of the molecule is Cc1cc(-n2ccnn2)ccc1OCc1c(C)cccc1-n1nnn(C)c1=O.Cc1cc(-n2nccn2)ccc1OCc1c(C)cccc1-n1nnn(C)c1=O. The van der Waals surface area contributed by atoms with E-state index < -0.39 is 0 Å². The number of benzene rings is 4. The van der Waals surface area contributed by atoms with Crippen LogP contribution in [0.25, 0.3) is 22.7 Å². The molecule has 18 nitrogen and oxygen atoms in total. The van der Waals surface area contributed by atoms with Crippen molar-refractivity contribution in [2.75, 3.05) is 0 Å². The summed E-state index contributed by atoms with van der Waals surface area (Å²) < 4.78 is 18.8. The molecule has 0 saturated heterocycles. The van der Waals surface area contributed by atoms with Crippen molar-refractivity contribution in [3.8, 4) is 34.2 Å². The lowest BCUT2D eigenvalue weighted by Gasteiger charge is -2.14. The number of ether oxygens (including phenoxy) is 2. The van der Waals surface area contributed by atoms with Crippen molar-refractivity contribution in [2.24, 2.45) is 14.1 Å². The molecule has 0 atom stereocenters. The minimum Gasteiger partial charge on any atom is -0.489 e. The van der Waals surface area contributed by atoms with Gasteiger partial charge in [0.05, 0.1) is 47.5 Å². The fourth-order valence-corrected chi connectivity index (χ4v) is 5.93. The third-order valence-electron chi connectivity index (χ3n) is 9.07. The second-order valence-electron chi connectivity index (χ2n) is 12.9. The first kappa shape index (κ1) is 36.8. The molecule has 0 aliphatic heterocycles. The lowest BCUT2D eigenvalue weighted by atomic mass is 10.1. The first-order valence-electron chi connectivity index (χ1n) is 17.4. The third kappa shape index (κ3) is 7.61. The summed E-state index contributed by atoms with van der Waals surface area (Å²) in [5.74, 6) is 1.50. The van der Waals surface area contributed by atoms with Gasteiger partial charge in [-0.2, -0.15) is 33.7 Å². The zero-order valence-electron chi connectivity index (χ0n) is 31.5. The van der Waals surface area contributed by atoms with Crippen molar-refractivity contribution in [1.29, 1.82) is 0 Å². The van der Waals surface area contributed by atoms with Crippen molar-refractivity contribution in [3.05, 3.63) is 152 Å². The fraction of sp³-hybridized carbons (Fsp3) is 0.211.